The van der Waals surface area contributed by atoms with E-state index in [0.29, 0.717) is 5.89 Å². The summed E-state index contributed by atoms with van der Waals surface area (Å²) in [7, 11) is 0. The van der Waals surface area contributed by atoms with Crippen molar-refractivity contribution in [2.75, 3.05) is 18.1 Å². The summed E-state index contributed by atoms with van der Waals surface area (Å²) in [5.41, 5.74) is 6.03. The van der Waals surface area contributed by atoms with Crippen molar-refractivity contribution in [3.05, 3.63) is 11.7 Å². The SMILES string of the molecule is NC1CSCC1c1nc(CC2CCCCO2)no1. The molecular weight excluding hydrogens is 250 g/mol. The molecule has 6 heteroatoms. The van der Waals surface area contributed by atoms with Crippen LogP contribution in [-0.2, 0) is 11.2 Å². The van der Waals surface area contributed by atoms with E-state index in [4.69, 9.17) is 15.0 Å². The maximum Gasteiger partial charge on any atom is 0.232 e. The molecule has 0 spiro atoms. The maximum absolute atomic E-state index is 6.03. The van der Waals surface area contributed by atoms with Crippen molar-refractivity contribution in [3.63, 3.8) is 0 Å². The van der Waals surface area contributed by atoms with Crippen LogP contribution in [0.1, 0.15) is 36.9 Å². The molecule has 3 rings (SSSR count). The molecule has 2 saturated heterocycles. The van der Waals surface area contributed by atoms with Gasteiger partial charge in [-0.05, 0) is 19.3 Å². The van der Waals surface area contributed by atoms with Crippen LogP contribution in [0.15, 0.2) is 4.52 Å². The molecule has 2 aliphatic heterocycles. The van der Waals surface area contributed by atoms with Gasteiger partial charge in [-0.15, -0.1) is 0 Å². The number of hydrogen-bond acceptors (Lipinski definition) is 6. The third-order valence-electron chi connectivity index (χ3n) is 3.61. The second kappa shape index (κ2) is 5.59. The summed E-state index contributed by atoms with van der Waals surface area (Å²) >= 11 is 1.85. The predicted molar refractivity (Wildman–Crippen MR) is 69.6 cm³/mol. The van der Waals surface area contributed by atoms with Crippen LogP contribution in [-0.4, -0.2) is 40.4 Å². The summed E-state index contributed by atoms with van der Waals surface area (Å²) < 4.78 is 11.0. The topological polar surface area (TPSA) is 74.2 Å². The molecule has 18 heavy (non-hydrogen) atoms. The summed E-state index contributed by atoms with van der Waals surface area (Å²) in [5.74, 6) is 3.67. The van der Waals surface area contributed by atoms with Crippen LogP contribution in [0, 0.1) is 0 Å². The number of nitrogens with zero attached hydrogens (tertiary/aromatic N) is 2. The van der Waals surface area contributed by atoms with E-state index in [9.17, 15) is 0 Å². The monoisotopic (exact) mass is 269 g/mol. The molecule has 3 heterocycles. The Labute approximate surface area is 111 Å². The minimum absolute atomic E-state index is 0.147. The minimum atomic E-state index is 0.147. The molecule has 2 N–H and O–H groups in total. The smallest absolute Gasteiger partial charge is 0.232 e. The molecule has 0 radical (unpaired) electrons. The first-order valence-corrected chi connectivity index (χ1v) is 7.76. The van der Waals surface area contributed by atoms with E-state index in [-0.39, 0.29) is 18.1 Å². The fourth-order valence-electron chi connectivity index (χ4n) is 2.50. The molecule has 5 nitrogen and oxygen atoms in total. The summed E-state index contributed by atoms with van der Waals surface area (Å²) in [5, 5.41) is 4.06. The van der Waals surface area contributed by atoms with Gasteiger partial charge in [0.25, 0.3) is 0 Å². The Morgan fingerprint density at radius 3 is 3.00 bits per heavy atom. The first kappa shape index (κ1) is 12.4. The zero-order valence-electron chi connectivity index (χ0n) is 10.4. The third-order valence-corrected chi connectivity index (χ3v) is 4.83. The number of ether oxygens (including phenoxy) is 1. The van der Waals surface area contributed by atoms with Crippen molar-refractivity contribution in [2.45, 2.75) is 43.7 Å². The van der Waals surface area contributed by atoms with Gasteiger partial charge in [-0.25, -0.2) is 0 Å². The maximum atomic E-state index is 6.03. The van der Waals surface area contributed by atoms with Crippen molar-refractivity contribution in [3.8, 4) is 0 Å². The van der Waals surface area contributed by atoms with E-state index in [2.05, 4.69) is 10.1 Å². The molecule has 1 aromatic heterocycles. The van der Waals surface area contributed by atoms with Crippen LogP contribution in [0.25, 0.3) is 0 Å². The minimum Gasteiger partial charge on any atom is -0.378 e. The molecule has 0 aromatic carbocycles. The van der Waals surface area contributed by atoms with Gasteiger partial charge in [-0.3, -0.25) is 0 Å². The summed E-state index contributed by atoms with van der Waals surface area (Å²) in [4.78, 5) is 4.49. The van der Waals surface area contributed by atoms with E-state index in [1.54, 1.807) is 0 Å². The molecule has 2 aliphatic rings. The largest absolute Gasteiger partial charge is 0.378 e. The lowest BCUT2D eigenvalue weighted by molar-refractivity contribution is 0.0153. The van der Waals surface area contributed by atoms with Gasteiger partial charge in [0.05, 0.1) is 12.0 Å². The van der Waals surface area contributed by atoms with Crippen molar-refractivity contribution in [2.24, 2.45) is 5.73 Å². The Morgan fingerprint density at radius 2 is 2.28 bits per heavy atom. The normalized spacial score (nSPS) is 32.8. The highest BCUT2D eigenvalue weighted by Gasteiger charge is 2.31. The molecule has 0 amide bonds. The summed E-state index contributed by atoms with van der Waals surface area (Å²) in [6.07, 6.45) is 4.53. The van der Waals surface area contributed by atoms with Crippen LogP contribution in [0.3, 0.4) is 0 Å². The highest BCUT2D eigenvalue weighted by molar-refractivity contribution is 7.99. The fraction of sp³-hybridized carbons (Fsp3) is 0.833. The van der Waals surface area contributed by atoms with Crippen LogP contribution in [0.2, 0.25) is 0 Å². The van der Waals surface area contributed by atoms with E-state index >= 15 is 0 Å². The number of thioether (sulfide) groups is 1. The van der Waals surface area contributed by atoms with Gasteiger partial charge in [0.15, 0.2) is 5.82 Å². The van der Waals surface area contributed by atoms with Crippen molar-refractivity contribution < 1.29 is 9.26 Å². The molecule has 0 bridgehead atoms. The van der Waals surface area contributed by atoms with E-state index < -0.39 is 0 Å². The molecular formula is C12H19N3O2S. The Hall–Kier alpha value is -0.590. The summed E-state index contributed by atoms with van der Waals surface area (Å²) in [6, 6.07) is 0.147. The fourth-order valence-corrected chi connectivity index (χ4v) is 3.78. The van der Waals surface area contributed by atoms with Crippen LogP contribution in [0.5, 0.6) is 0 Å². The quantitative estimate of drug-likeness (QED) is 0.892. The number of nitrogens with two attached hydrogens (primary N) is 1. The molecule has 3 unspecified atom stereocenters. The average Bonchev–Trinajstić information content (AvgIpc) is 2.99. The van der Waals surface area contributed by atoms with Gasteiger partial charge >= 0.3 is 0 Å². The Morgan fingerprint density at radius 1 is 1.33 bits per heavy atom. The highest BCUT2D eigenvalue weighted by atomic mass is 32.2. The first-order chi connectivity index (χ1) is 8.83. The number of hydrogen-bond donors (Lipinski definition) is 1. The zero-order valence-corrected chi connectivity index (χ0v) is 11.2. The second-order valence-electron chi connectivity index (χ2n) is 5.05. The molecule has 2 fully saturated rings. The molecule has 1 aromatic rings. The zero-order chi connectivity index (χ0) is 12.4. The van der Waals surface area contributed by atoms with Gasteiger partial charge < -0.3 is 15.0 Å². The second-order valence-corrected chi connectivity index (χ2v) is 6.12. The molecule has 0 saturated carbocycles. The van der Waals surface area contributed by atoms with Crippen molar-refractivity contribution in [1.82, 2.24) is 10.1 Å². The third kappa shape index (κ3) is 2.70. The van der Waals surface area contributed by atoms with Gasteiger partial charge in [0.1, 0.15) is 0 Å². The van der Waals surface area contributed by atoms with Gasteiger partial charge in [-0.2, -0.15) is 16.7 Å². The summed E-state index contributed by atoms with van der Waals surface area (Å²) in [6.45, 7) is 0.861. The number of rotatable bonds is 3. The van der Waals surface area contributed by atoms with E-state index in [1.807, 2.05) is 11.8 Å². The van der Waals surface area contributed by atoms with Crippen molar-refractivity contribution >= 4 is 11.8 Å². The van der Waals surface area contributed by atoms with Crippen LogP contribution >= 0.6 is 11.8 Å². The van der Waals surface area contributed by atoms with E-state index in [0.717, 1.165) is 36.8 Å². The van der Waals surface area contributed by atoms with Gasteiger partial charge in [0.2, 0.25) is 5.89 Å². The lowest BCUT2D eigenvalue weighted by atomic mass is 10.0. The van der Waals surface area contributed by atoms with Crippen LogP contribution < -0.4 is 5.73 Å². The predicted octanol–water partition coefficient (Wildman–Crippen LogP) is 1.34. The standard InChI is InChI=1S/C12H19N3O2S/c13-10-7-18-6-9(10)12-14-11(15-17-12)5-8-3-1-2-4-16-8/h8-10H,1-7,13H2. The molecule has 100 valence electrons. The lowest BCUT2D eigenvalue weighted by Gasteiger charge is -2.20. The van der Waals surface area contributed by atoms with Crippen molar-refractivity contribution in [1.29, 1.82) is 0 Å². The Kier molecular flexibility index (Phi) is 3.86. The van der Waals surface area contributed by atoms with Gasteiger partial charge in [0, 0.05) is 30.6 Å². The Bertz CT molecular complexity index is 392. The van der Waals surface area contributed by atoms with E-state index in [1.165, 1.54) is 12.8 Å². The average molecular weight is 269 g/mol. The molecule has 0 aliphatic carbocycles. The van der Waals surface area contributed by atoms with Gasteiger partial charge in [-0.1, -0.05) is 5.16 Å². The number of aromatic nitrogens is 2. The molecule has 3 atom stereocenters. The Balaban J connectivity index is 1.62. The first-order valence-electron chi connectivity index (χ1n) is 6.60. The lowest BCUT2D eigenvalue weighted by Crippen LogP contribution is -2.27. The highest BCUT2D eigenvalue weighted by Crippen LogP contribution is 2.30. The van der Waals surface area contributed by atoms with Crippen LogP contribution in [0.4, 0.5) is 0 Å².